The van der Waals surface area contributed by atoms with Crippen LogP contribution in [-0.2, 0) is 0 Å². The zero-order valence-corrected chi connectivity index (χ0v) is 15.1. The average Bonchev–Trinajstić information content (AvgIpc) is 2.67. The van der Waals surface area contributed by atoms with E-state index < -0.39 is 11.3 Å². The summed E-state index contributed by atoms with van der Waals surface area (Å²) >= 11 is 0. The summed E-state index contributed by atoms with van der Waals surface area (Å²) in [5.74, 6) is 0. The van der Waals surface area contributed by atoms with E-state index >= 15 is 0 Å². The van der Waals surface area contributed by atoms with Crippen LogP contribution in [0.15, 0.2) is 78.6 Å². The molecule has 0 atom stereocenters. The largest absolute Gasteiger partial charge is 0.422 e. The van der Waals surface area contributed by atoms with E-state index in [0.29, 0.717) is 28.4 Å². The number of benzene rings is 2. The van der Waals surface area contributed by atoms with Crippen LogP contribution in [0.3, 0.4) is 0 Å². The van der Waals surface area contributed by atoms with Gasteiger partial charge in [0.1, 0.15) is 11.2 Å². The van der Waals surface area contributed by atoms with Crippen LogP contribution in [0.1, 0.15) is 31.4 Å². The lowest BCUT2D eigenvalue weighted by atomic mass is 9.92. The molecule has 1 aromatic heterocycles. The normalized spacial score (nSPS) is 12.7. The monoisotopic (exact) mass is 358 g/mol. The molecule has 0 spiro atoms. The lowest BCUT2D eigenvalue weighted by molar-refractivity contribution is 0.548. The van der Waals surface area contributed by atoms with Gasteiger partial charge in [-0.3, -0.25) is 0 Å². The highest BCUT2D eigenvalue weighted by Crippen LogP contribution is 2.27. The third kappa shape index (κ3) is 2.99. The minimum Gasteiger partial charge on any atom is -0.422 e. The van der Waals surface area contributed by atoms with Gasteiger partial charge in [-0.25, -0.2) is 9.59 Å². The maximum absolute atomic E-state index is 13.0. The molecule has 2 aromatic carbocycles. The molecule has 0 N–H and O–H groups in total. The van der Waals surface area contributed by atoms with Crippen LogP contribution in [0.25, 0.3) is 33.6 Å². The number of fused-ring (bicyclic) bond motifs is 4. The molecule has 0 aliphatic heterocycles. The summed E-state index contributed by atoms with van der Waals surface area (Å²) in [6.45, 7) is 3.83. The van der Waals surface area contributed by atoms with Crippen LogP contribution >= 0.6 is 0 Å². The highest BCUT2D eigenvalue weighted by atomic mass is 16.4. The molecular formula is C23H18O4. The third-order valence-electron chi connectivity index (χ3n) is 4.67. The van der Waals surface area contributed by atoms with Gasteiger partial charge >= 0.3 is 11.3 Å². The Balaban J connectivity index is 2.36. The Labute approximate surface area is 155 Å². The molecule has 1 aliphatic carbocycles. The van der Waals surface area contributed by atoms with Gasteiger partial charge in [0.15, 0.2) is 0 Å². The predicted molar refractivity (Wildman–Crippen MR) is 108 cm³/mol. The highest BCUT2D eigenvalue weighted by molar-refractivity contribution is 6.01. The van der Waals surface area contributed by atoms with E-state index in [-0.39, 0.29) is 11.1 Å². The topological polar surface area (TPSA) is 60.4 Å². The molecule has 0 radical (unpaired) electrons. The Morgan fingerprint density at radius 2 is 1.37 bits per heavy atom. The van der Waals surface area contributed by atoms with Gasteiger partial charge < -0.3 is 8.83 Å². The molecule has 1 aliphatic rings. The Hall–Kier alpha value is -3.40. The average molecular weight is 358 g/mol. The number of allylic oxidation sites excluding steroid dienone is 3. The van der Waals surface area contributed by atoms with Gasteiger partial charge in [-0.1, -0.05) is 54.1 Å². The zero-order valence-electron chi connectivity index (χ0n) is 15.1. The second kappa shape index (κ2) is 6.72. The molecule has 4 rings (SSSR count). The molecular weight excluding hydrogens is 340 g/mol. The molecule has 0 saturated heterocycles. The molecule has 3 aromatic rings. The van der Waals surface area contributed by atoms with Crippen molar-refractivity contribution in [1.29, 1.82) is 0 Å². The molecule has 0 amide bonds. The van der Waals surface area contributed by atoms with Crippen molar-refractivity contribution in [1.82, 2.24) is 0 Å². The van der Waals surface area contributed by atoms with Crippen LogP contribution in [0.4, 0.5) is 0 Å². The summed E-state index contributed by atoms with van der Waals surface area (Å²) < 4.78 is 11.5. The summed E-state index contributed by atoms with van der Waals surface area (Å²) in [5.41, 5.74) is 1.99. The smallest absolute Gasteiger partial charge is 0.344 e. The molecule has 0 bridgehead atoms. The molecule has 0 fully saturated rings. The molecule has 4 nitrogen and oxygen atoms in total. The van der Waals surface area contributed by atoms with E-state index in [0.717, 1.165) is 11.1 Å². The lowest BCUT2D eigenvalue weighted by Crippen LogP contribution is -2.16. The standard InChI is InChI=1S/C23H18O4/c1-14(2)15-10-7-11-18-21(15)23(25)27-20-13-6-4-9-17(20)16-8-3-5-12-19(16)26-22(18)24/h3-9,11-13H,10H2,1-2H3. The summed E-state index contributed by atoms with van der Waals surface area (Å²) in [6, 6.07) is 14.5. The second-order valence-electron chi connectivity index (χ2n) is 6.65. The summed E-state index contributed by atoms with van der Waals surface area (Å²) in [4.78, 5) is 25.9. The minimum absolute atomic E-state index is 0.219. The van der Waals surface area contributed by atoms with Crippen molar-refractivity contribution in [2.45, 2.75) is 20.3 Å². The van der Waals surface area contributed by atoms with E-state index in [2.05, 4.69) is 0 Å². The molecule has 1 heterocycles. The van der Waals surface area contributed by atoms with Crippen molar-refractivity contribution in [3.05, 3.63) is 92.1 Å². The van der Waals surface area contributed by atoms with Crippen molar-refractivity contribution < 1.29 is 8.83 Å². The van der Waals surface area contributed by atoms with Crippen molar-refractivity contribution in [3.8, 4) is 0 Å². The summed E-state index contributed by atoms with van der Waals surface area (Å²) in [5, 5.41) is 1.39. The van der Waals surface area contributed by atoms with Gasteiger partial charge in [0.05, 0.1) is 11.1 Å². The van der Waals surface area contributed by atoms with Crippen molar-refractivity contribution in [3.63, 3.8) is 0 Å². The Morgan fingerprint density at radius 3 is 1.96 bits per heavy atom. The van der Waals surface area contributed by atoms with Crippen LogP contribution in [0.5, 0.6) is 0 Å². The van der Waals surface area contributed by atoms with E-state index in [9.17, 15) is 9.59 Å². The van der Waals surface area contributed by atoms with Gasteiger partial charge in [-0.15, -0.1) is 0 Å². The molecule has 4 heteroatoms. The summed E-state index contributed by atoms with van der Waals surface area (Å²) in [7, 11) is 0. The molecule has 0 unspecified atom stereocenters. The Bertz CT molecular complexity index is 1300. The van der Waals surface area contributed by atoms with Crippen LogP contribution < -0.4 is 11.3 Å². The van der Waals surface area contributed by atoms with E-state index in [1.807, 2.05) is 50.3 Å². The van der Waals surface area contributed by atoms with Gasteiger partial charge in [0.2, 0.25) is 0 Å². The number of hydrogen-bond acceptors (Lipinski definition) is 4. The first-order valence-corrected chi connectivity index (χ1v) is 8.76. The number of rotatable bonds is 0. The maximum Gasteiger partial charge on any atom is 0.344 e. The summed E-state index contributed by atoms with van der Waals surface area (Å²) in [6.07, 6.45) is 4.07. The number of hydrogen-bond donors (Lipinski definition) is 0. The fourth-order valence-electron chi connectivity index (χ4n) is 3.36. The SMILES string of the molecule is CC(C)=C1CC=Cc2c1c(=O)oc1ccccc1c1ccccc1oc2=O. The van der Waals surface area contributed by atoms with Crippen molar-refractivity contribution in [2.75, 3.05) is 0 Å². The van der Waals surface area contributed by atoms with Crippen LogP contribution in [0, 0.1) is 0 Å². The van der Waals surface area contributed by atoms with Gasteiger partial charge in [0.25, 0.3) is 0 Å². The van der Waals surface area contributed by atoms with E-state index in [1.165, 1.54) is 0 Å². The Kier molecular flexibility index (Phi) is 4.24. The van der Waals surface area contributed by atoms with Crippen molar-refractivity contribution >= 4 is 33.6 Å². The number of para-hydroxylation sites is 2. The fraction of sp³-hybridized carbons (Fsp3) is 0.130. The molecule has 0 saturated carbocycles. The van der Waals surface area contributed by atoms with Crippen molar-refractivity contribution in [2.24, 2.45) is 0 Å². The van der Waals surface area contributed by atoms with Crippen LogP contribution in [-0.4, -0.2) is 0 Å². The highest BCUT2D eigenvalue weighted by Gasteiger charge is 2.18. The predicted octanol–water partition coefficient (Wildman–Crippen LogP) is 5.23. The fourth-order valence-corrected chi connectivity index (χ4v) is 3.36. The minimum atomic E-state index is -0.566. The van der Waals surface area contributed by atoms with E-state index in [1.54, 1.807) is 24.3 Å². The first-order valence-electron chi connectivity index (χ1n) is 8.76. The molecule has 27 heavy (non-hydrogen) atoms. The molecule has 134 valence electrons. The first kappa shape index (κ1) is 17.0. The first-order chi connectivity index (χ1) is 13.1. The van der Waals surface area contributed by atoms with Gasteiger partial charge in [0, 0.05) is 10.8 Å². The maximum atomic E-state index is 13.0. The van der Waals surface area contributed by atoms with E-state index in [4.69, 9.17) is 8.83 Å². The zero-order chi connectivity index (χ0) is 19.0. The second-order valence-corrected chi connectivity index (χ2v) is 6.65. The Morgan fingerprint density at radius 1 is 0.815 bits per heavy atom. The third-order valence-corrected chi connectivity index (χ3v) is 4.67. The van der Waals surface area contributed by atoms with Crippen LogP contribution in [0.2, 0.25) is 0 Å². The van der Waals surface area contributed by atoms with Gasteiger partial charge in [-0.2, -0.15) is 0 Å². The lowest BCUT2D eigenvalue weighted by Gasteiger charge is -2.12. The van der Waals surface area contributed by atoms with Gasteiger partial charge in [-0.05, 0) is 38.0 Å². The quantitative estimate of drug-likeness (QED) is 0.552.